The number of ether oxygens (including phenoxy) is 2. The Balaban J connectivity index is 0.000000605. The van der Waals surface area contributed by atoms with Crippen molar-refractivity contribution in [3.8, 4) is 11.5 Å². The number of hydrogen-bond acceptors (Lipinski definition) is 2. The SMILES string of the molecule is Cl.[CH2]c1ccc2c(c1)OCO2. The summed E-state index contributed by atoms with van der Waals surface area (Å²) in [6.45, 7) is 4.09. The third-order valence-electron chi connectivity index (χ3n) is 1.44. The Labute approximate surface area is 71.5 Å². The Morgan fingerprint density at radius 3 is 2.73 bits per heavy atom. The molecule has 2 nitrogen and oxygen atoms in total. The van der Waals surface area contributed by atoms with Gasteiger partial charge in [-0.1, -0.05) is 6.07 Å². The Morgan fingerprint density at radius 1 is 1.18 bits per heavy atom. The zero-order chi connectivity index (χ0) is 6.97. The minimum atomic E-state index is 0. The minimum absolute atomic E-state index is 0. The molecule has 59 valence electrons. The third kappa shape index (κ3) is 1.40. The van der Waals surface area contributed by atoms with Gasteiger partial charge in [0.05, 0.1) is 0 Å². The van der Waals surface area contributed by atoms with Gasteiger partial charge in [0, 0.05) is 0 Å². The van der Waals surface area contributed by atoms with E-state index in [0.29, 0.717) is 6.79 Å². The standard InChI is InChI=1S/C8H7O2.ClH/c1-6-2-3-7-8(4-6)10-5-9-7;/h2-4H,1,5H2;1H. The molecule has 0 fully saturated rings. The van der Waals surface area contributed by atoms with Crippen LogP contribution in [0.1, 0.15) is 5.56 Å². The predicted octanol–water partition coefficient (Wildman–Crippen LogP) is 2.02. The van der Waals surface area contributed by atoms with E-state index in [0.717, 1.165) is 17.1 Å². The molecule has 0 aliphatic carbocycles. The van der Waals surface area contributed by atoms with Gasteiger partial charge >= 0.3 is 0 Å². The van der Waals surface area contributed by atoms with E-state index in [1.807, 2.05) is 18.2 Å². The van der Waals surface area contributed by atoms with Crippen LogP contribution in [0.25, 0.3) is 0 Å². The van der Waals surface area contributed by atoms with Crippen molar-refractivity contribution in [1.82, 2.24) is 0 Å². The summed E-state index contributed by atoms with van der Waals surface area (Å²) in [6, 6.07) is 5.63. The summed E-state index contributed by atoms with van der Waals surface area (Å²) in [5.41, 5.74) is 0.948. The normalized spacial score (nSPS) is 12.5. The van der Waals surface area contributed by atoms with Gasteiger partial charge in [0.15, 0.2) is 11.5 Å². The molecule has 1 heterocycles. The summed E-state index contributed by atoms with van der Waals surface area (Å²) in [5, 5.41) is 0. The van der Waals surface area contributed by atoms with E-state index < -0.39 is 0 Å². The van der Waals surface area contributed by atoms with Crippen LogP contribution in [0.4, 0.5) is 0 Å². The van der Waals surface area contributed by atoms with Crippen LogP contribution in [0.5, 0.6) is 11.5 Å². The molecule has 0 aromatic heterocycles. The predicted molar refractivity (Wildman–Crippen MR) is 44.3 cm³/mol. The summed E-state index contributed by atoms with van der Waals surface area (Å²) >= 11 is 0. The van der Waals surface area contributed by atoms with Crippen LogP contribution in [-0.4, -0.2) is 6.79 Å². The highest BCUT2D eigenvalue weighted by Gasteiger charge is 2.11. The van der Waals surface area contributed by atoms with Crippen molar-refractivity contribution in [2.45, 2.75) is 0 Å². The van der Waals surface area contributed by atoms with Gasteiger partial charge in [-0.3, -0.25) is 0 Å². The first-order valence-corrected chi connectivity index (χ1v) is 3.08. The first-order chi connectivity index (χ1) is 4.86. The largest absolute Gasteiger partial charge is 0.454 e. The van der Waals surface area contributed by atoms with E-state index in [2.05, 4.69) is 6.92 Å². The van der Waals surface area contributed by atoms with Gasteiger partial charge in [-0.15, -0.1) is 12.4 Å². The number of halogens is 1. The zero-order valence-electron chi connectivity index (χ0n) is 5.87. The van der Waals surface area contributed by atoms with Crippen LogP contribution in [-0.2, 0) is 0 Å². The summed E-state index contributed by atoms with van der Waals surface area (Å²) < 4.78 is 10.2. The zero-order valence-corrected chi connectivity index (χ0v) is 6.69. The summed E-state index contributed by atoms with van der Waals surface area (Å²) in [7, 11) is 0. The highest BCUT2D eigenvalue weighted by molar-refractivity contribution is 5.85. The smallest absolute Gasteiger partial charge is 0.231 e. The van der Waals surface area contributed by atoms with Crippen LogP contribution in [0, 0.1) is 6.92 Å². The van der Waals surface area contributed by atoms with Gasteiger partial charge in [0.25, 0.3) is 0 Å². The second kappa shape index (κ2) is 3.01. The van der Waals surface area contributed by atoms with E-state index in [1.54, 1.807) is 0 Å². The molecule has 11 heavy (non-hydrogen) atoms. The van der Waals surface area contributed by atoms with Crippen molar-refractivity contribution < 1.29 is 9.47 Å². The van der Waals surface area contributed by atoms with Crippen LogP contribution in [0.15, 0.2) is 18.2 Å². The number of rotatable bonds is 0. The average Bonchev–Trinajstić information content (AvgIpc) is 2.33. The highest BCUT2D eigenvalue weighted by Crippen LogP contribution is 2.31. The molecule has 0 unspecified atom stereocenters. The Morgan fingerprint density at radius 2 is 1.91 bits per heavy atom. The lowest BCUT2D eigenvalue weighted by Crippen LogP contribution is -1.92. The van der Waals surface area contributed by atoms with E-state index in [9.17, 15) is 0 Å². The monoisotopic (exact) mass is 171 g/mol. The van der Waals surface area contributed by atoms with Crippen molar-refractivity contribution in [1.29, 1.82) is 0 Å². The number of hydrogen-bond donors (Lipinski definition) is 0. The summed E-state index contributed by atoms with van der Waals surface area (Å²) in [4.78, 5) is 0. The maximum atomic E-state index is 5.12. The van der Waals surface area contributed by atoms with Crippen LogP contribution in [0.2, 0.25) is 0 Å². The highest BCUT2D eigenvalue weighted by atomic mass is 35.5. The second-order valence-electron chi connectivity index (χ2n) is 2.19. The van der Waals surface area contributed by atoms with E-state index in [-0.39, 0.29) is 12.4 Å². The van der Waals surface area contributed by atoms with E-state index in [1.165, 1.54) is 0 Å². The van der Waals surface area contributed by atoms with Gasteiger partial charge in [-0.25, -0.2) is 0 Å². The molecule has 1 radical (unpaired) electrons. The van der Waals surface area contributed by atoms with Gasteiger partial charge in [-0.05, 0) is 24.6 Å². The molecule has 2 rings (SSSR count). The fourth-order valence-electron chi connectivity index (χ4n) is 0.941. The molecular formula is C8H8ClO2. The first-order valence-electron chi connectivity index (χ1n) is 3.08. The second-order valence-corrected chi connectivity index (χ2v) is 2.19. The molecule has 0 saturated heterocycles. The van der Waals surface area contributed by atoms with Gasteiger partial charge in [-0.2, -0.15) is 0 Å². The van der Waals surface area contributed by atoms with Crippen molar-refractivity contribution in [3.63, 3.8) is 0 Å². The lowest BCUT2D eigenvalue weighted by atomic mass is 10.2. The molecule has 0 saturated carbocycles. The van der Waals surface area contributed by atoms with Gasteiger partial charge < -0.3 is 9.47 Å². The molecule has 1 aromatic carbocycles. The summed E-state index contributed by atoms with van der Waals surface area (Å²) in [5.74, 6) is 1.61. The van der Waals surface area contributed by atoms with E-state index >= 15 is 0 Å². The quantitative estimate of drug-likeness (QED) is 0.595. The average molecular weight is 172 g/mol. The van der Waals surface area contributed by atoms with Gasteiger partial charge in [0.2, 0.25) is 6.79 Å². The maximum absolute atomic E-state index is 5.12. The Kier molecular flexibility index (Phi) is 2.25. The Bertz CT molecular complexity index is 260. The molecule has 0 bridgehead atoms. The molecule has 0 amide bonds. The topological polar surface area (TPSA) is 18.5 Å². The molecule has 3 heteroatoms. The van der Waals surface area contributed by atoms with Crippen molar-refractivity contribution in [2.75, 3.05) is 6.79 Å². The molecule has 0 atom stereocenters. The number of fused-ring (bicyclic) bond motifs is 1. The minimum Gasteiger partial charge on any atom is -0.454 e. The first kappa shape index (κ1) is 8.21. The molecule has 0 N–H and O–H groups in total. The molecule has 1 aliphatic heterocycles. The van der Waals surface area contributed by atoms with E-state index in [4.69, 9.17) is 9.47 Å². The molecule has 1 aliphatic rings. The fourth-order valence-corrected chi connectivity index (χ4v) is 0.941. The van der Waals surface area contributed by atoms with Crippen LogP contribution < -0.4 is 9.47 Å². The van der Waals surface area contributed by atoms with Crippen molar-refractivity contribution >= 4 is 12.4 Å². The van der Waals surface area contributed by atoms with Crippen molar-refractivity contribution in [2.24, 2.45) is 0 Å². The van der Waals surface area contributed by atoms with Crippen molar-refractivity contribution in [3.05, 3.63) is 30.7 Å². The molecular weight excluding hydrogens is 164 g/mol. The maximum Gasteiger partial charge on any atom is 0.231 e. The summed E-state index contributed by atoms with van der Waals surface area (Å²) in [6.07, 6.45) is 0. The van der Waals surface area contributed by atoms with Crippen LogP contribution in [0.3, 0.4) is 0 Å². The third-order valence-corrected chi connectivity index (χ3v) is 1.44. The lowest BCUT2D eigenvalue weighted by Gasteiger charge is -1.94. The lowest BCUT2D eigenvalue weighted by molar-refractivity contribution is 0.174. The number of benzene rings is 1. The van der Waals surface area contributed by atoms with Gasteiger partial charge in [0.1, 0.15) is 0 Å². The molecule has 0 spiro atoms. The fraction of sp³-hybridized carbons (Fsp3) is 0.125. The molecule has 1 aromatic rings. The van der Waals surface area contributed by atoms with Crippen LogP contribution >= 0.6 is 12.4 Å². The Hall–Kier alpha value is -0.890.